The van der Waals surface area contributed by atoms with Gasteiger partial charge in [0.25, 0.3) is 5.91 Å². The molecule has 1 aliphatic heterocycles. The maximum atomic E-state index is 13.4. The molecule has 1 amide bonds. The number of amides is 1. The Morgan fingerprint density at radius 3 is 2.74 bits per heavy atom. The van der Waals surface area contributed by atoms with Crippen molar-refractivity contribution in [3.63, 3.8) is 0 Å². The largest absolute Gasteiger partial charge is 0.306 e. The van der Waals surface area contributed by atoms with E-state index < -0.39 is 0 Å². The Hall–Kier alpha value is -1.94. The van der Waals surface area contributed by atoms with Gasteiger partial charge in [-0.2, -0.15) is 0 Å². The minimum atomic E-state index is -0.254. The second kappa shape index (κ2) is 6.67. The van der Waals surface area contributed by atoms with Gasteiger partial charge in [0, 0.05) is 22.3 Å². The summed E-state index contributed by atoms with van der Waals surface area (Å²) in [5.74, 6) is -0.330. The van der Waals surface area contributed by atoms with Crippen molar-refractivity contribution in [3.05, 3.63) is 70.0 Å². The number of nitrogens with zero attached hydrogens (tertiary/aromatic N) is 1. The summed E-state index contributed by atoms with van der Waals surface area (Å²) in [6.07, 6.45) is 5.03. The van der Waals surface area contributed by atoms with Crippen LogP contribution in [0.5, 0.6) is 0 Å². The Kier molecular flexibility index (Phi) is 4.62. The Morgan fingerprint density at radius 1 is 1.26 bits per heavy atom. The van der Waals surface area contributed by atoms with E-state index in [-0.39, 0.29) is 17.8 Å². The topological polar surface area (TPSA) is 20.3 Å². The number of hydrogen-bond donors (Lipinski definition) is 0. The minimum absolute atomic E-state index is 0.0759. The molecule has 3 rings (SSSR count). The molecule has 0 aromatic heterocycles. The van der Waals surface area contributed by atoms with E-state index in [0.717, 1.165) is 34.1 Å². The van der Waals surface area contributed by atoms with Gasteiger partial charge in [0.2, 0.25) is 0 Å². The van der Waals surface area contributed by atoms with Gasteiger partial charge in [0.1, 0.15) is 5.82 Å². The molecular formula is C19H17BrFNO. The number of anilines is 1. The fraction of sp³-hybridized carbons (Fsp3) is 0.211. The predicted molar refractivity (Wildman–Crippen MR) is 94.8 cm³/mol. The monoisotopic (exact) mass is 373 g/mol. The Labute approximate surface area is 143 Å². The third kappa shape index (κ3) is 3.53. The van der Waals surface area contributed by atoms with Gasteiger partial charge in [-0.3, -0.25) is 4.79 Å². The van der Waals surface area contributed by atoms with E-state index in [2.05, 4.69) is 15.9 Å². The first-order valence-electron chi connectivity index (χ1n) is 7.60. The molecule has 0 bridgehead atoms. The van der Waals surface area contributed by atoms with Gasteiger partial charge in [-0.05, 0) is 67.3 Å². The number of rotatable bonds is 2. The highest BCUT2D eigenvalue weighted by molar-refractivity contribution is 9.10. The van der Waals surface area contributed by atoms with Crippen LogP contribution in [-0.2, 0) is 11.2 Å². The first kappa shape index (κ1) is 15.9. The molecule has 0 saturated heterocycles. The van der Waals surface area contributed by atoms with Crippen LogP contribution in [0.1, 0.15) is 24.5 Å². The second-order valence-electron chi connectivity index (χ2n) is 5.75. The SMILES string of the molecule is CC1CCc2cc(F)ccc2N1C(=O)/C=C/c1ccc(Br)cc1. The maximum Gasteiger partial charge on any atom is 0.251 e. The third-order valence-electron chi connectivity index (χ3n) is 4.10. The smallest absolute Gasteiger partial charge is 0.251 e. The lowest BCUT2D eigenvalue weighted by molar-refractivity contribution is -0.114. The van der Waals surface area contributed by atoms with Crippen molar-refractivity contribution >= 4 is 33.6 Å². The van der Waals surface area contributed by atoms with Crippen molar-refractivity contribution in [2.75, 3.05) is 4.90 Å². The highest BCUT2D eigenvalue weighted by Crippen LogP contribution is 2.31. The average Bonchev–Trinajstić information content (AvgIpc) is 2.54. The van der Waals surface area contributed by atoms with Gasteiger partial charge < -0.3 is 4.90 Å². The zero-order valence-electron chi connectivity index (χ0n) is 12.8. The summed E-state index contributed by atoms with van der Waals surface area (Å²) in [5, 5.41) is 0. The van der Waals surface area contributed by atoms with Gasteiger partial charge in [-0.1, -0.05) is 28.1 Å². The molecule has 0 fully saturated rings. The Bertz CT molecular complexity index is 754. The van der Waals surface area contributed by atoms with Crippen molar-refractivity contribution in [2.24, 2.45) is 0 Å². The van der Waals surface area contributed by atoms with Crippen molar-refractivity contribution in [3.8, 4) is 0 Å². The van der Waals surface area contributed by atoms with E-state index >= 15 is 0 Å². The molecule has 1 heterocycles. The number of carbonyl (C=O) groups excluding carboxylic acids is 1. The van der Waals surface area contributed by atoms with Gasteiger partial charge in [-0.25, -0.2) is 4.39 Å². The molecule has 23 heavy (non-hydrogen) atoms. The van der Waals surface area contributed by atoms with E-state index in [1.165, 1.54) is 12.1 Å². The maximum absolute atomic E-state index is 13.4. The fourth-order valence-corrected chi connectivity index (χ4v) is 3.14. The zero-order valence-corrected chi connectivity index (χ0v) is 14.4. The molecule has 0 N–H and O–H groups in total. The molecular weight excluding hydrogens is 357 g/mol. The second-order valence-corrected chi connectivity index (χ2v) is 6.67. The molecule has 1 aliphatic rings. The predicted octanol–water partition coefficient (Wildman–Crippen LogP) is 4.97. The van der Waals surface area contributed by atoms with E-state index in [9.17, 15) is 9.18 Å². The van der Waals surface area contributed by atoms with E-state index in [1.807, 2.05) is 31.2 Å². The van der Waals surface area contributed by atoms with Gasteiger partial charge in [-0.15, -0.1) is 0 Å². The molecule has 0 aliphatic carbocycles. The van der Waals surface area contributed by atoms with Crippen LogP contribution in [-0.4, -0.2) is 11.9 Å². The van der Waals surface area contributed by atoms with Gasteiger partial charge >= 0.3 is 0 Å². The van der Waals surface area contributed by atoms with Crippen LogP contribution in [0.3, 0.4) is 0 Å². The molecule has 118 valence electrons. The highest BCUT2D eigenvalue weighted by atomic mass is 79.9. The molecule has 0 saturated carbocycles. The lowest BCUT2D eigenvalue weighted by Gasteiger charge is -2.34. The summed E-state index contributed by atoms with van der Waals surface area (Å²) in [6.45, 7) is 2.03. The zero-order chi connectivity index (χ0) is 16.4. The molecule has 4 heteroatoms. The van der Waals surface area contributed by atoms with Gasteiger partial charge in [0.05, 0.1) is 0 Å². The molecule has 2 aromatic carbocycles. The fourth-order valence-electron chi connectivity index (χ4n) is 2.88. The van der Waals surface area contributed by atoms with Crippen LogP contribution in [0.25, 0.3) is 6.08 Å². The van der Waals surface area contributed by atoms with Crippen LogP contribution in [0.15, 0.2) is 53.0 Å². The lowest BCUT2D eigenvalue weighted by atomic mass is 9.96. The van der Waals surface area contributed by atoms with E-state index in [1.54, 1.807) is 23.1 Å². The van der Waals surface area contributed by atoms with Crippen molar-refractivity contribution in [1.29, 1.82) is 0 Å². The summed E-state index contributed by atoms with van der Waals surface area (Å²) in [5.41, 5.74) is 2.68. The van der Waals surface area contributed by atoms with Crippen LogP contribution >= 0.6 is 15.9 Å². The summed E-state index contributed by atoms with van der Waals surface area (Å²) >= 11 is 3.39. The van der Waals surface area contributed by atoms with E-state index in [4.69, 9.17) is 0 Å². The molecule has 0 radical (unpaired) electrons. The molecule has 2 aromatic rings. The summed E-state index contributed by atoms with van der Waals surface area (Å²) in [4.78, 5) is 14.4. The van der Waals surface area contributed by atoms with Crippen molar-refractivity contribution in [2.45, 2.75) is 25.8 Å². The molecule has 1 unspecified atom stereocenters. The van der Waals surface area contributed by atoms with E-state index in [0.29, 0.717) is 0 Å². The average molecular weight is 374 g/mol. The highest BCUT2D eigenvalue weighted by Gasteiger charge is 2.27. The van der Waals surface area contributed by atoms with Crippen LogP contribution in [0, 0.1) is 5.82 Å². The minimum Gasteiger partial charge on any atom is -0.306 e. The summed E-state index contributed by atoms with van der Waals surface area (Å²) in [7, 11) is 0. The first-order chi connectivity index (χ1) is 11.0. The number of carbonyl (C=O) groups is 1. The Balaban J connectivity index is 1.85. The first-order valence-corrected chi connectivity index (χ1v) is 8.39. The van der Waals surface area contributed by atoms with Crippen LogP contribution < -0.4 is 4.90 Å². The van der Waals surface area contributed by atoms with Crippen molar-refractivity contribution < 1.29 is 9.18 Å². The quantitative estimate of drug-likeness (QED) is 0.680. The Morgan fingerprint density at radius 2 is 2.00 bits per heavy atom. The normalized spacial score (nSPS) is 17.3. The number of benzene rings is 2. The van der Waals surface area contributed by atoms with Crippen LogP contribution in [0.2, 0.25) is 0 Å². The number of hydrogen-bond acceptors (Lipinski definition) is 1. The van der Waals surface area contributed by atoms with Gasteiger partial charge in [0.15, 0.2) is 0 Å². The van der Waals surface area contributed by atoms with Crippen LogP contribution in [0.4, 0.5) is 10.1 Å². The molecule has 1 atom stereocenters. The number of fused-ring (bicyclic) bond motifs is 1. The summed E-state index contributed by atoms with van der Waals surface area (Å²) in [6, 6.07) is 12.5. The lowest BCUT2D eigenvalue weighted by Crippen LogP contribution is -2.41. The summed E-state index contributed by atoms with van der Waals surface area (Å²) < 4.78 is 14.4. The van der Waals surface area contributed by atoms with Crippen molar-refractivity contribution in [1.82, 2.24) is 0 Å². The number of halogens is 2. The molecule has 2 nitrogen and oxygen atoms in total. The molecule has 0 spiro atoms. The standard InChI is InChI=1S/C19H17BrFNO/c1-13-2-6-15-12-17(21)9-10-18(15)22(13)19(23)11-5-14-3-7-16(20)8-4-14/h3-5,7-13H,2,6H2,1H3/b11-5+. The number of aryl methyl sites for hydroxylation is 1. The third-order valence-corrected chi connectivity index (χ3v) is 4.63.